The molecule has 196 valence electrons. The Morgan fingerprint density at radius 1 is 0.892 bits per heavy atom. The molecule has 1 spiro atoms. The van der Waals surface area contributed by atoms with Crippen molar-refractivity contribution in [3.05, 3.63) is 71.9 Å². The minimum absolute atomic E-state index is 0.182. The van der Waals surface area contributed by atoms with Crippen molar-refractivity contribution >= 4 is 25.6 Å². The van der Waals surface area contributed by atoms with E-state index in [0.717, 1.165) is 5.69 Å². The van der Waals surface area contributed by atoms with Crippen molar-refractivity contribution in [3.8, 4) is 11.4 Å². The molecule has 3 aromatic rings. The zero-order valence-corrected chi connectivity index (χ0v) is 22.9. The van der Waals surface area contributed by atoms with Gasteiger partial charge in [0.25, 0.3) is 5.91 Å². The van der Waals surface area contributed by atoms with Crippen LogP contribution >= 0.6 is 0 Å². The molecule has 3 heterocycles. The Balaban J connectivity index is 1.40. The number of para-hydroxylation sites is 2. The summed E-state index contributed by atoms with van der Waals surface area (Å²) in [5.74, 6) is 0.421. The fraction of sp³-hybridized carbons (Fsp3) is 0.370. The van der Waals surface area contributed by atoms with Gasteiger partial charge < -0.3 is 9.64 Å². The van der Waals surface area contributed by atoms with Crippen molar-refractivity contribution in [2.24, 2.45) is 0 Å². The molecule has 37 heavy (non-hydrogen) atoms. The molecule has 1 amide bonds. The van der Waals surface area contributed by atoms with Gasteiger partial charge in [0.2, 0.25) is 0 Å². The molecule has 0 aliphatic carbocycles. The van der Waals surface area contributed by atoms with Crippen LogP contribution < -0.4 is 4.74 Å². The third kappa shape index (κ3) is 4.16. The molecule has 1 aromatic heterocycles. The fourth-order valence-corrected chi connectivity index (χ4v) is 7.09. The Kier molecular flexibility index (Phi) is 5.84. The molecular weight excluding hydrogens is 512 g/mol. The SMILES string of the molecule is CC(C)(C)S(=O)(=O)c1ccc(C(=O)N2CCC3(CC2)Oc2ccccc2-n2c3ccc2S(C)(=O)=O)cc1. The molecule has 0 atom stereocenters. The van der Waals surface area contributed by atoms with Gasteiger partial charge >= 0.3 is 0 Å². The lowest BCUT2D eigenvalue weighted by Gasteiger charge is -2.45. The van der Waals surface area contributed by atoms with Crippen LogP contribution in [-0.4, -0.2) is 56.3 Å². The predicted molar refractivity (Wildman–Crippen MR) is 140 cm³/mol. The number of sulfone groups is 2. The highest BCUT2D eigenvalue weighted by Gasteiger charge is 2.46. The van der Waals surface area contributed by atoms with E-state index in [2.05, 4.69) is 0 Å². The van der Waals surface area contributed by atoms with Crippen molar-refractivity contribution in [3.63, 3.8) is 0 Å². The van der Waals surface area contributed by atoms with Crippen LogP contribution in [0.4, 0.5) is 0 Å². The summed E-state index contributed by atoms with van der Waals surface area (Å²) in [6.07, 6.45) is 2.16. The summed E-state index contributed by atoms with van der Waals surface area (Å²) in [5.41, 5.74) is 1.09. The smallest absolute Gasteiger partial charge is 0.253 e. The summed E-state index contributed by atoms with van der Waals surface area (Å²) in [4.78, 5) is 15.2. The first kappa shape index (κ1) is 25.5. The number of carbonyl (C=O) groups is 1. The number of ether oxygens (including phenoxy) is 1. The molecule has 2 aliphatic heterocycles. The van der Waals surface area contributed by atoms with Gasteiger partial charge in [-0.15, -0.1) is 0 Å². The van der Waals surface area contributed by atoms with Crippen LogP contribution in [0, 0.1) is 0 Å². The number of nitrogens with zero attached hydrogens (tertiary/aromatic N) is 2. The van der Waals surface area contributed by atoms with Crippen molar-refractivity contribution in [1.29, 1.82) is 0 Å². The van der Waals surface area contributed by atoms with E-state index in [9.17, 15) is 21.6 Å². The largest absolute Gasteiger partial charge is 0.479 e. The molecule has 5 rings (SSSR count). The molecule has 0 unspecified atom stereocenters. The number of rotatable bonds is 3. The standard InChI is InChI=1S/C27H30N2O6S2/c1-26(2,3)37(33,34)20-11-9-19(10-12-20)25(30)28-17-15-27(16-18-28)23-13-14-24(36(4,31)32)29(23)21-7-5-6-8-22(21)35-27/h5-14H,15-18H2,1-4H3. The molecular formula is C27H30N2O6S2. The van der Waals surface area contributed by atoms with Crippen LogP contribution in [0.25, 0.3) is 5.69 Å². The topological polar surface area (TPSA) is 103 Å². The zero-order valence-electron chi connectivity index (χ0n) is 21.3. The lowest BCUT2D eigenvalue weighted by molar-refractivity contribution is -0.00994. The lowest BCUT2D eigenvalue weighted by atomic mass is 9.86. The first-order chi connectivity index (χ1) is 17.2. The highest BCUT2D eigenvalue weighted by Crippen LogP contribution is 2.46. The second-order valence-corrected chi connectivity index (χ2v) is 15.3. The number of likely N-dealkylation sites (tertiary alicyclic amines) is 1. The Morgan fingerprint density at radius 3 is 2.11 bits per heavy atom. The minimum Gasteiger partial charge on any atom is -0.479 e. The quantitative estimate of drug-likeness (QED) is 0.496. The number of fused-ring (bicyclic) bond motifs is 4. The average Bonchev–Trinajstić information content (AvgIpc) is 3.31. The van der Waals surface area contributed by atoms with Gasteiger partial charge in [-0.25, -0.2) is 16.8 Å². The number of hydrogen-bond donors (Lipinski definition) is 0. The van der Waals surface area contributed by atoms with Gasteiger partial charge in [-0.3, -0.25) is 9.36 Å². The number of carbonyl (C=O) groups excluding carboxylic acids is 1. The van der Waals surface area contributed by atoms with Crippen molar-refractivity contribution in [2.45, 2.75) is 53.9 Å². The van der Waals surface area contributed by atoms with Gasteiger partial charge in [0.05, 0.1) is 21.0 Å². The Morgan fingerprint density at radius 2 is 1.51 bits per heavy atom. The normalized spacial score (nSPS) is 17.1. The van der Waals surface area contributed by atoms with Crippen LogP contribution in [0.15, 0.2) is 70.6 Å². The van der Waals surface area contributed by atoms with E-state index in [0.29, 0.717) is 42.9 Å². The van der Waals surface area contributed by atoms with E-state index < -0.39 is 30.0 Å². The summed E-state index contributed by atoms with van der Waals surface area (Å²) < 4.78 is 57.8. The lowest BCUT2D eigenvalue weighted by Crippen LogP contribution is -2.50. The first-order valence-electron chi connectivity index (χ1n) is 12.1. The van der Waals surface area contributed by atoms with E-state index in [-0.39, 0.29) is 15.8 Å². The van der Waals surface area contributed by atoms with Gasteiger partial charge in [0, 0.05) is 37.8 Å². The van der Waals surface area contributed by atoms with E-state index in [1.807, 2.05) is 24.3 Å². The molecule has 1 saturated heterocycles. The zero-order chi connectivity index (χ0) is 26.8. The maximum Gasteiger partial charge on any atom is 0.253 e. The molecule has 2 aliphatic rings. The molecule has 0 saturated carbocycles. The molecule has 0 N–H and O–H groups in total. The summed E-state index contributed by atoms with van der Waals surface area (Å²) in [6, 6.07) is 16.9. The van der Waals surface area contributed by atoms with Crippen molar-refractivity contribution < 1.29 is 26.4 Å². The molecule has 0 radical (unpaired) electrons. The second kappa shape index (κ2) is 8.46. The Bertz CT molecular complexity index is 1590. The van der Waals surface area contributed by atoms with Crippen LogP contribution in [0.5, 0.6) is 5.75 Å². The third-order valence-electron chi connectivity index (χ3n) is 7.18. The van der Waals surface area contributed by atoms with Gasteiger partial charge in [0.15, 0.2) is 25.3 Å². The van der Waals surface area contributed by atoms with E-state index >= 15 is 0 Å². The molecule has 0 bridgehead atoms. The van der Waals surface area contributed by atoms with Crippen LogP contribution in [0.1, 0.15) is 49.7 Å². The van der Waals surface area contributed by atoms with Gasteiger partial charge in [-0.2, -0.15) is 0 Å². The second-order valence-electron chi connectivity index (χ2n) is 10.7. The third-order valence-corrected chi connectivity index (χ3v) is 10.8. The van der Waals surface area contributed by atoms with E-state index in [1.54, 1.807) is 54.5 Å². The Hall–Kier alpha value is -3.11. The molecule has 1 fully saturated rings. The van der Waals surface area contributed by atoms with Gasteiger partial charge in [0.1, 0.15) is 10.8 Å². The minimum atomic E-state index is -3.51. The number of benzene rings is 2. The number of hydrogen-bond acceptors (Lipinski definition) is 6. The Labute approximate surface area is 217 Å². The highest BCUT2D eigenvalue weighted by atomic mass is 32.2. The van der Waals surface area contributed by atoms with Crippen LogP contribution in [-0.2, 0) is 25.3 Å². The summed E-state index contributed by atoms with van der Waals surface area (Å²) in [6.45, 7) is 5.74. The summed E-state index contributed by atoms with van der Waals surface area (Å²) in [5, 5.41) is 0.210. The monoisotopic (exact) mass is 542 g/mol. The average molecular weight is 543 g/mol. The van der Waals surface area contributed by atoms with E-state index in [1.165, 1.54) is 18.4 Å². The maximum atomic E-state index is 13.3. The number of amides is 1. The van der Waals surface area contributed by atoms with Crippen LogP contribution in [0.3, 0.4) is 0 Å². The van der Waals surface area contributed by atoms with Crippen molar-refractivity contribution in [2.75, 3.05) is 19.3 Å². The van der Waals surface area contributed by atoms with Crippen molar-refractivity contribution in [1.82, 2.24) is 9.47 Å². The highest BCUT2D eigenvalue weighted by molar-refractivity contribution is 7.92. The molecule has 2 aromatic carbocycles. The van der Waals surface area contributed by atoms with Crippen LogP contribution in [0.2, 0.25) is 0 Å². The first-order valence-corrected chi connectivity index (χ1v) is 15.5. The predicted octanol–water partition coefficient (Wildman–Crippen LogP) is 3.98. The maximum absolute atomic E-state index is 13.3. The fourth-order valence-electron chi connectivity index (χ4n) is 5.04. The summed E-state index contributed by atoms with van der Waals surface area (Å²) in [7, 11) is -6.99. The van der Waals surface area contributed by atoms with E-state index in [4.69, 9.17) is 4.74 Å². The van der Waals surface area contributed by atoms with Gasteiger partial charge in [-0.1, -0.05) is 12.1 Å². The number of aromatic nitrogens is 1. The molecule has 8 nitrogen and oxygen atoms in total. The molecule has 10 heteroatoms. The number of piperidine rings is 1. The summed E-state index contributed by atoms with van der Waals surface area (Å²) >= 11 is 0. The van der Waals surface area contributed by atoms with Gasteiger partial charge in [-0.05, 0) is 69.3 Å².